The van der Waals surface area contributed by atoms with Gasteiger partial charge >= 0.3 is 0 Å². The van der Waals surface area contributed by atoms with Crippen molar-refractivity contribution in [2.75, 3.05) is 0 Å². The normalized spacial score (nSPS) is 29.8. The number of rotatable bonds is 3. The Labute approximate surface area is 116 Å². The van der Waals surface area contributed by atoms with Gasteiger partial charge in [-0.2, -0.15) is 4.98 Å². The maximum atomic E-state index is 10.3. The minimum absolute atomic E-state index is 0.217. The van der Waals surface area contributed by atoms with E-state index in [0.717, 1.165) is 24.8 Å². The molecule has 104 valence electrons. The fourth-order valence-corrected chi connectivity index (χ4v) is 3.20. The molecule has 2 fully saturated rings. The smallest absolute Gasteiger partial charge is 0.260 e. The number of aliphatic hydroxyl groups excluding tert-OH is 1. The summed E-state index contributed by atoms with van der Waals surface area (Å²) in [6, 6.07) is 9.34. The van der Waals surface area contributed by atoms with E-state index in [1.165, 1.54) is 0 Å². The van der Waals surface area contributed by atoms with Crippen molar-refractivity contribution < 1.29 is 14.4 Å². The van der Waals surface area contributed by atoms with Crippen LogP contribution in [0.1, 0.15) is 48.6 Å². The van der Waals surface area contributed by atoms with Crippen molar-refractivity contribution in [3.63, 3.8) is 0 Å². The molecule has 5 heteroatoms. The van der Waals surface area contributed by atoms with Gasteiger partial charge in [0.05, 0.1) is 18.1 Å². The summed E-state index contributed by atoms with van der Waals surface area (Å²) in [5, 5.41) is 14.3. The molecule has 0 saturated carbocycles. The Hall–Kier alpha value is -1.72. The minimum Gasteiger partial charge on any atom is -0.378 e. The van der Waals surface area contributed by atoms with Gasteiger partial charge < -0.3 is 14.4 Å². The Morgan fingerprint density at radius 1 is 1.20 bits per heavy atom. The number of benzene rings is 1. The van der Waals surface area contributed by atoms with E-state index < -0.39 is 6.10 Å². The first-order valence-corrected chi connectivity index (χ1v) is 7.03. The van der Waals surface area contributed by atoms with Crippen LogP contribution in [-0.2, 0) is 4.74 Å². The number of nitrogens with zero attached hydrogens (tertiary/aromatic N) is 2. The Morgan fingerprint density at radius 3 is 2.75 bits per heavy atom. The second kappa shape index (κ2) is 4.68. The van der Waals surface area contributed by atoms with Crippen molar-refractivity contribution in [1.29, 1.82) is 0 Å². The summed E-state index contributed by atoms with van der Waals surface area (Å²) in [5.74, 6) is 1.14. The van der Waals surface area contributed by atoms with Gasteiger partial charge in [0.15, 0.2) is 11.9 Å². The van der Waals surface area contributed by atoms with Crippen LogP contribution >= 0.6 is 0 Å². The van der Waals surface area contributed by atoms with Crippen LogP contribution in [0, 0.1) is 0 Å². The van der Waals surface area contributed by atoms with Crippen molar-refractivity contribution >= 4 is 0 Å². The highest BCUT2D eigenvalue weighted by atomic mass is 16.5. The lowest BCUT2D eigenvalue weighted by molar-refractivity contribution is 0.0996. The molecule has 2 bridgehead atoms. The highest BCUT2D eigenvalue weighted by Crippen LogP contribution is 2.43. The lowest BCUT2D eigenvalue weighted by Crippen LogP contribution is -2.15. The van der Waals surface area contributed by atoms with Crippen LogP contribution in [0.2, 0.25) is 0 Å². The van der Waals surface area contributed by atoms with Crippen LogP contribution in [0.3, 0.4) is 0 Å². The van der Waals surface area contributed by atoms with Gasteiger partial charge in [-0.05, 0) is 24.8 Å². The molecule has 4 rings (SSSR count). The molecule has 0 spiro atoms. The molecular weight excluding hydrogens is 256 g/mol. The second-order valence-electron chi connectivity index (χ2n) is 5.52. The Kier molecular flexibility index (Phi) is 2.82. The third-order valence-corrected chi connectivity index (χ3v) is 4.24. The maximum absolute atomic E-state index is 10.3. The fraction of sp³-hybridized carbons (Fsp3) is 0.467. The van der Waals surface area contributed by atoms with E-state index in [1.54, 1.807) is 0 Å². The zero-order valence-corrected chi connectivity index (χ0v) is 11.0. The van der Waals surface area contributed by atoms with E-state index in [0.29, 0.717) is 11.9 Å². The van der Waals surface area contributed by atoms with Gasteiger partial charge in [-0.25, -0.2) is 0 Å². The first-order chi connectivity index (χ1) is 9.81. The molecular formula is C15H16N2O3. The van der Waals surface area contributed by atoms with Crippen molar-refractivity contribution in [3.05, 3.63) is 47.6 Å². The summed E-state index contributed by atoms with van der Waals surface area (Å²) in [5.41, 5.74) is 0.756. The summed E-state index contributed by atoms with van der Waals surface area (Å²) in [4.78, 5) is 4.38. The molecule has 4 unspecified atom stereocenters. The zero-order chi connectivity index (χ0) is 13.5. The van der Waals surface area contributed by atoms with E-state index in [4.69, 9.17) is 9.26 Å². The lowest BCUT2D eigenvalue weighted by Gasteiger charge is -2.13. The maximum Gasteiger partial charge on any atom is 0.260 e. The molecule has 1 aromatic heterocycles. The average Bonchev–Trinajstić information content (AvgIpc) is 3.23. The van der Waals surface area contributed by atoms with Crippen molar-refractivity contribution in [2.45, 2.75) is 43.5 Å². The molecule has 3 heterocycles. The van der Waals surface area contributed by atoms with Crippen molar-refractivity contribution in [2.24, 2.45) is 0 Å². The summed E-state index contributed by atoms with van der Waals surface area (Å²) in [6.07, 6.45) is 2.88. The molecule has 4 atom stereocenters. The number of ether oxygens (including phenoxy) is 1. The van der Waals surface area contributed by atoms with Crippen molar-refractivity contribution in [3.8, 4) is 0 Å². The Balaban J connectivity index is 1.56. The summed E-state index contributed by atoms with van der Waals surface area (Å²) < 4.78 is 11.0. The van der Waals surface area contributed by atoms with E-state index in [2.05, 4.69) is 10.1 Å². The largest absolute Gasteiger partial charge is 0.378 e. The highest BCUT2D eigenvalue weighted by Gasteiger charge is 2.43. The summed E-state index contributed by atoms with van der Waals surface area (Å²) in [6.45, 7) is 0. The molecule has 0 amide bonds. The predicted octanol–water partition coefficient (Wildman–Crippen LogP) is 2.19. The van der Waals surface area contributed by atoms with Crippen molar-refractivity contribution in [1.82, 2.24) is 10.1 Å². The summed E-state index contributed by atoms with van der Waals surface area (Å²) in [7, 11) is 0. The molecule has 20 heavy (non-hydrogen) atoms. The molecule has 1 N–H and O–H groups in total. The quantitative estimate of drug-likeness (QED) is 0.927. The average molecular weight is 272 g/mol. The Morgan fingerprint density at radius 2 is 2.05 bits per heavy atom. The van der Waals surface area contributed by atoms with E-state index in [-0.39, 0.29) is 17.9 Å². The fourth-order valence-electron chi connectivity index (χ4n) is 3.20. The zero-order valence-electron chi connectivity index (χ0n) is 11.0. The first-order valence-electron chi connectivity index (χ1n) is 7.03. The monoisotopic (exact) mass is 272 g/mol. The third kappa shape index (κ3) is 1.94. The Bertz CT molecular complexity index is 598. The third-order valence-electron chi connectivity index (χ3n) is 4.24. The van der Waals surface area contributed by atoms with Crippen LogP contribution in [0.4, 0.5) is 0 Å². The van der Waals surface area contributed by atoms with Gasteiger partial charge in [-0.15, -0.1) is 0 Å². The van der Waals surface area contributed by atoms with Crippen LogP contribution in [0.5, 0.6) is 0 Å². The number of aliphatic hydroxyl groups is 1. The number of fused-ring (bicyclic) bond motifs is 2. The van der Waals surface area contributed by atoms with Gasteiger partial charge in [0.1, 0.15) is 0 Å². The molecule has 0 radical (unpaired) electrons. The molecule has 2 aliphatic rings. The SMILES string of the molecule is OC(c1ccccc1)c1nc(C2CC3CCC2O3)no1. The van der Waals surface area contributed by atoms with Gasteiger partial charge in [-0.3, -0.25) is 0 Å². The van der Waals surface area contributed by atoms with Crippen LogP contribution in [-0.4, -0.2) is 27.5 Å². The summed E-state index contributed by atoms with van der Waals surface area (Å²) >= 11 is 0. The highest BCUT2D eigenvalue weighted by molar-refractivity contribution is 5.22. The van der Waals surface area contributed by atoms with Gasteiger partial charge in [-0.1, -0.05) is 35.5 Å². The topological polar surface area (TPSA) is 68.4 Å². The van der Waals surface area contributed by atoms with Gasteiger partial charge in [0.2, 0.25) is 0 Å². The molecule has 1 aromatic carbocycles. The van der Waals surface area contributed by atoms with Crippen LogP contribution in [0.25, 0.3) is 0 Å². The lowest BCUT2D eigenvalue weighted by atomic mass is 9.89. The second-order valence-corrected chi connectivity index (χ2v) is 5.52. The van der Waals surface area contributed by atoms with Gasteiger partial charge in [0.25, 0.3) is 5.89 Å². The standard InChI is InChI=1S/C15H16N2O3/c18-13(9-4-2-1-3-5-9)15-16-14(17-20-15)11-8-10-6-7-12(11)19-10/h1-5,10-13,18H,6-8H2. The van der Waals surface area contributed by atoms with Crippen LogP contribution in [0.15, 0.2) is 34.9 Å². The number of aromatic nitrogens is 2. The molecule has 5 nitrogen and oxygen atoms in total. The molecule has 2 aromatic rings. The molecule has 0 aliphatic carbocycles. The number of hydrogen-bond acceptors (Lipinski definition) is 5. The van der Waals surface area contributed by atoms with Gasteiger partial charge in [0, 0.05) is 0 Å². The van der Waals surface area contributed by atoms with E-state index in [9.17, 15) is 5.11 Å². The predicted molar refractivity (Wildman–Crippen MR) is 70.1 cm³/mol. The van der Waals surface area contributed by atoms with E-state index >= 15 is 0 Å². The van der Waals surface area contributed by atoms with E-state index in [1.807, 2.05) is 30.3 Å². The molecule has 2 saturated heterocycles. The number of hydrogen-bond donors (Lipinski definition) is 1. The first kappa shape index (κ1) is 12.1. The van der Waals surface area contributed by atoms with Crippen LogP contribution < -0.4 is 0 Å². The minimum atomic E-state index is -0.864. The molecule has 2 aliphatic heterocycles.